The van der Waals surface area contributed by atoms with Crippen LogP contribution in [0.2, 0.25) is 0 Å². The maximum absolute atomic E-state index is 11.0. The first-order valence-electron chi connectivity index (χ1n) is 4.07. The molecule has 1 aliphatic heterocycles. The van der Waals surface area contributed by atoms with Crippen LogP contribution in [0.3, 0.4) is 0 Å². The Labute approximate surface area is 75.8 Å². The van der Waals surface area contributed by atoms with Crippen LogP contribution in [0.5, 0.6) is 0 Å². The molecule has 0 aromatic rings. The zero-order valence-corrected chi connectivity index (χ0v) is 7.55. The van der Waals surface area contributed by atoms with E-state index in [2.05, 4.69) is 10.6 Å². The second-order valence-electron chi connectivity index (χ2n) is 2.90. The molecule has 0 spiro atoms. The standard InChI is InChI=1S/C8H12N2O3/c1-3-5-6(7(11)12)4(2)9-8(13)10-5/h5H,3H2,1-2H3,(H,11,12)(H2,9,10,13). The number of allylic oxidation sites excluding steroid dienone is 1. The van der Waals surface area contributed by atoms with Crippen molar-refractivity contribution in [3.63, 3.8) is 0 Å². The molecule has 0 bridgehead atoms. The van der Waals surface area contributed by atoms with E-state index in [0.29, 0.717) is 12.1 Å². The molecule has 0 aromatic carbocycles. The smallest absolute Gasteiger partial charge is 0.335 e. The molecule has 3 N–H and O–H groups in total. The van der Waals surface area contributed by atoms with E-state index in [0.717, 1.165) is 0 Å². The zero-order chi connectivity index (χ0) is 10.0. The SMILES string of the molecule is CCC1NC(=O)NC(C)=C1C(=O)O. The van der Waals surface area contributed by atoms with Crippen molar-refractivity contribution in [2.45, 2.75) is 26.3 Å². The lowest BCUT2D eigenvalue weighted by molar-refractivity contribution is -0.133. The average Bonchev–Trinajstić information content (AvgIpc) is 2.01. The van der Waals surface area contributed by atoms with Gasteiger partial charge in [0.05, 0.1) is 11.6 Å². The van der Waals surface area contributed by atoms with E-state index in [1.807, 2.05) is 6.92 Å². The van der Waals surface area contributed by atoms with Crippen LogP contribution >= 0.6 is 0 Å². The Morgan fingerprint density at radius 2 is 2.23 bits per heavy atom. The molecule has 1 aliphatic rings. The van der Waals surface area contributed by atoms with Gasteiger partial charge in [-0.3, -0.25) is 0 Å². The van der Waals surface area contributed by atoms with Crippen LogP contribution in [0.15, 0.2) is 11.3 Å². The molecule has 5 nitrogen and oxygen atoms in total. The summed E-state index contributed by atoms with van der Waals surface area (Å²) >= 11 is 0. The normalized spacial score (nSPS) is 22.3. The Bertz CT molecular complexity index is 283. The summed E-state index contributed by atoms with van der Waals surface area (Å²) < 4.78 is 0. The van der Waals surface area contributed by atoms with Gasteiger partial charge in [0.25, 0.3) is 0 Å². The molecule has 1 rings (SSSR count). The summed E-state index contributed by atoms with van der Waals surface area (Å²) in [6.07, 6.45) is 0.576. The first-order valence-corrected chi connectivity index (χ1v) is 4.07. The summed E-state index contributed by atoms with van der Waals surface area (Å²) in [6, 6.07) is -0.722. The van der Waals surface area contributed by atoms with Gasteiger partial charge in [-0.05, 0) is 13.3 Å². The molecule has 5 heteroatoms. The van der Waals surface area contributed by atoms with Gasteiger partial charge in [-0.25, -0.2) is 9.59 Å². The van der Waals surface area contributed by atoms with Crippen LogP contribution < -0.4 is 10.6 Å². The molecule has 2 amide bonds. The van der Waals surface area contributed by atoms with Crippen molar-refractivity contribution < 1.29 is 14.7 Å². The van der Waals surface area contributed by atoms with Crippen molar-refractivity contribution >= 4 is 12.0 Å². The summed E-state index contributed by atoms with van der Waals surface area (Å²) in [4.78, 5) is 21.8. The third kappa shape index (κ3) is 1.80. The number of amides is 2. The number of rotatable bonds is 2. The number of carboxylic acid groups (broad SMARTS) is 1. The second kappa shape index (κ2) is 3.47. The lowest BCUT2D eigenvalue weighted by atomic mass is 10.0. The molecule has 0 saturated carbocycles. The lowest BCUT2D eigenvalue weighted by Crippen LogP contribution is -2.49. The zero-order valence-electron chi connectivity index (χ0n) is 7.55. The highest BCUT2D eigenvalue weighted by Crippen LogP contribution is 2.14. The van der Waals surface area contributed by atoms with E-state index in [1.54, 1.807) is 6.92 Å². The average molecular weight is 184 g/mol. The number of carbonyl (C=O) groups excluding carboxylic acids is 1. The number of carboxylic acids is 1. The fraction of sp³-hybridized carbons (Fsp3) is 0.500. The maximum atomic E-state index is 11.0. The molecule has 0 fully saturated rings. The molecule has 1 unspecified atom stereocenters. The minimum absolute atomic E-state index is 0.238. The lowest BCUT2D eigenvalue weighted by Gasteiger charge is -2.25. The van der Waals surface area contributed by atoms with Crippen LogP contribution in [-0.2, 0) is 4.79 Å². The number of carbonyl (C=O) groups is 2. The number of hydrogen-bond donors (Lipinski definition) is 3. The third-order valence-electron chi connectivity index (χ3n) is 2.00. The Balaban J connectivity index is 3.02. The molecule has 0 aliphatic carbocycles. The molecule has 0 aromatic heterocycles. The highest BCUT2D eigenvalue weighted by atomic mass is 16.4. The molecular weight excluding hydrogens is 172 g/mol. The summed E-state index contributed by atoms with van der Waals surface area (Å²) in [6.45, 7) is 3.41. The van der Waals surface area contributed by atoms with Crippen molar-refractivity contribution in [2.24, 2.45) is 0 Å². The molecule has 1 atom stereocenters. The van der Waals surface area contributed by atoms with Crippen LogP contribution in [0.4, 0.5) is 4.79 Å². The predicted molar refractivity (Wildman–Crippen MR) is 46.1 cm³/mol. The highest BCUT2D eigenvalue weighted by molar-refractivity contribution is 5.93. The molecule has 13 heavy (non-hydrogen) atoms. The predicted octanol–water partition coefficient (Wildman–Crippen LogP) is 0.436. The number of hydrogen-bond acceptors (Lipinski definition) is 2. The van der Waals surface area contributed by atoms with Gasteiger partial charge < -0.3 is 15.7 Å². The Morgan fingerprint density at radius 3 is 2.69 bits per heavy atom. The van der Waals surface area contributed by atoms with E-state index in [1.165, 1.54) is 0 Å². The third-order valence-corrected chi connectivity index (χ3v) is 2.00. The van der Waals surface area contributed by atoms with E-state index in [9.17, 15) is 9.59 Å². The molecule has 0 radical (unpaired) electrons. The van der Waals surface area contributed by atoms with Crippen molar-refractivity contribution in [3.05, 3.63) is 11.3 Å². The minimum Gasteiger partial charge on any atom is -0.478 e. The summed E-state index contributed by atoms with van der Waals surface area (Å²) in [5.74, 6) is -0.989. The van der Waals surface area contributed by atoms with Gasteiger partial charge in [0, 0.05) is 5.70 Å². The Hall–Kier alpha value is -1.52. The van der Waals surface area contributed by atoms with Crippen molar-refractivity contribution in [3.8, 4) is 0 Å². The molecule has 72 valence electrons. The van der Waals surface area contributed by atoms with Crippen LogP contribution in [0.1, 0.15) is 20.3 Å². The number of aliphatic carboxylic acids is 1. The van der Waals surface area contributed by atoms with Crippen LogP contribution in [-0.4, -0.2) is 23.1 Å². The molecule has 0 saturated heterocycles. The Kier molecular flexibility index (Phi) is 2.55. The van der Waals surface area contributed by atoms with Gasteiger partial charge in [0.1, 0.15) is 0 Å². The number of urea groups is 1. The summed E-state index contributed by atoms with van der Waals surface area (Å²) in [5.41, 5.74) is 0.658. The number of nitrogens with one attached hydrogen (secondary N) is 2. The van der Waals surface area contributed by atoms with E-state index in [-0.39, 0.29) is 17.6 Å². The van der Waals surface area contributed by atoms with Gasteiger partial charge >= 0.3 is 12.0 Å². The van der Waals surface area contributed by atoms with Crippen molar-refractivity contribution in [1.82, 2.24) is 10.6 Å². The van der Waals surface area contributed by atoms with Crippen molar-refractivity contribution in [2.75, 3.05) is 0 Å². The van der Waals surface area contributed by atoms with Crippen molar-refractivity contribution in [1.29, 1.82) is 0 Å². The summed E-state index contributed by atoms with van der Waals surface area (Å²) in [7, 11) is 0. The first-order chi connectivity index (χ1) is 6.06. The van der Waals surface area contributed by atoms with Gasteiger partial charge in [0.2, 0.25) is 0 Å². The van der Waals surface area contributed by atoms with E-state index >= 15 is 0 Å². The minimum atomic E-state index is -0.989. The van der Waals surface area contributed by atoms with Crippen LogP contribution in [0.25, 0.3) is 0 Å². The Morgan fingerprint density at radius 1 is 1.62 bits per heavy atom. The van der Waals surface area contributed by atoms with Gasteiger partial charge in [-0.15, -0.1) is 0 Å². The monoisotopic (exact) mass is 184 g/mol. The topological polar surface area (TPSA) is 78.4 Å². The molecule has 1 heterocycles. The first kappa shape index (κ1) is 9.57. The fourth-order valence-electron chi connectivity index (χ4n) is 1.38. The molecular formula is C8H12N2O3. The van der Waals surface area contributed by atoms with Gasteiger partial charge in [0.15, 0.2) is 0 Å². The van der Waals surface area contributed by atoms with E-state index < -0.39 is 5.97 Å². The van der Waals surface area contributed by atoms with Gasteiger partial charge in [-0.1, -0.05) is 6.92 Å². The highest BCUT2D eigenvalue weighted by Gasteiger charge is 2.27. The summed E-state index contributed by atoms with van der Waals surface area (Å²) in [5, 5.41) is 13.8. The second-order valence-corrected chi connectivity index (χ2v) is 2.90. The fourth-order valence-corrected chi connectivity index (χ4v) is 1.38. The maximum Gasteiger partial charge on any atom is 0.335 e. The van der Waals surface area contributed by atoms with E-state index in [4.69, 9.17) is 5.11 Å². The van der Waals surface area contributed by atoms with Crippen LogP contribution in [0, 0.1) is 0 Å². The van der Waals surface area contributed by atoms with Gasteiger partial charge in [-0.2, -0.15) is 0 Å². The quantitative estimate of drug-likeness (QED) is 0.582. The largest absolute Gasteiger partial charge is 0.478 e.